The number of nitrogens with zero attached hydrogens (tertiary/aromatic N) is 3. The molecular weight excluding hydrogens is 264 g/mol. The Morgan fingerprint density at radius 3 is 2.58 bits per heavy atom. The van der Waals surface area contributed by atoms with Gasteiger partial charge in [-0.3, -0.25) is 4.79 Å². The molecule has 104 valence electrons. The van der Waals surface area contributed by atoms with Crippen molar-refractivity contribution in [3.05, 3.63) is 16.5 Å². The molecule has 0 saturated carbocycles. The summed E-state index contributed by atoms with van der Waals surface area (Å²) in [5, 5.41) is 0.513. The molecular formula is C13H19ClN4O. The number of piperidine rings is 1. The highest BCUT2D eigenvalue weighted by molar-refractivity contribution is 6.30. The molecule has 1 aliphatic heterocycles. The van der Waals surface area contributed by atoms with Crippen LogP contribution in [0.3, 0.4) is 0 Å². The largest absolute Gasteiger partial charge is 0.369 e. The van der Waals surface area contributed by atoms with Crippen LogP contribution in [0.25, 0.3) is 0 Å². The van der Waals surface area contributed by atoms with Crippen LogP contribution in [-0.2, 0) is 11.2 Å². The molecule has 0 aliphatic carbocycles. The first-order valence-corrected chi connectivity index (χ1v) is 6.98. The second-order valence-electron chi connectivity index (χ2n) is 4.90. The lowest BCUT2D eigenvalue weighted by molar-refractivity contribution is -0.122. The monoisotopic (exact) mass is 282 g/mol. The predicted octanol–water partition coefficient (Wildman–Crippen LogP) is 1.70. The van der Waals surface area contributed by atoms with Crippen LogP contribution < -0.4 is 10.6 Å². The number of amides is 1. The Labute approximate surface area is 118 Å². The third kappa shape index (κ3) is 2.97. The highest BCUT2D eigenvalue weighted by atomic mass is 35.5. The van der Waals surface area contributed by atoms with E-state index in [-0.39, 0.29) is 11.8 Å². The molecule has 1 amide bonds. The molecule has 1 aromatic heterocycles. The minimum Gasteiger partial charge on any atom is -0.369 e. The van der Waals surface area contributed by atoms with Gasteiger partial charge >= 0.3 is 0 Å². The summed E-state index contributed by atoms with van der Waals surface area (Å²) < 4.78 is 0. The zero-order valence-corrected chi connectivity index (χ0v) is 12.1. The number of carbonyl (C=O) groups is 1. The average molecular weight is 283 g/mol. The van der Waals surface area contributed by atoms with Crippen molar-refractivity contribution >= 4 is 23.3 Å². The normalized spacial score (nSPS) is 16.7. The number of aryl methyl sites for hydroxylation is 1. The number of anilines is 1. The lowest BCUT2D eigenvalue weighted by Crippen LogP contribution is -2.39. The van der Waals surface area contributed by atoms with Gasteiger partial charge in [0.05, 0.1) is 0 Å². The molecule has 6 heteroatoms. The Kier molecular flexibility index (Phi) is 4.24. The van der Waals surface area contributed by atoms with Gasteiger partial charge in [-0.1, -0.05) is 18.5 Å². The van der Waals surface area contributed by atoms with Crippen molar-refractivity contribution in [2.24, 2.45) is 11.7 Å². The fourth-order valence-electron chi connectivity index (χ4n) is 2.36. The molecule has 0 unspecified atom stereocenters. The smallest absolute Gasteiger partial charge is 0.220 e. The fraction of sp³-hybridized carbons (Fsp3) is 0.615. The van der Waals surface area contributed by atoms with Crippen LogP contribution >= 0.6 is 11.6 Å². The molecule has 1 aromatic rings. The van der Waals surface area contributed by atoms with Crippen molar-refractivity contribution in [2.75, 3.05) is 18.0 Å². The second-order valence-corrected chi connectivity index (χ2v) is 5.25. The van der Waals surface area contributed by atoms with Gasteiger partial charge in [-0.05, 0) is 19.8 Å². The van der Waals surface area contributed by atoms with Crippen molar-refractivity contribution in [1.82, 2.24) is 9.97 Å². The van der Waals surface area contributed by atoms with Crippen molar-refractivity contribution in [3.63, 3.8) is 0 Å². The fourth-order valence-corrected chi connectivity index (χ4v) is 2.54. The van der Waals surface area contributed by atoms with Crippen LogP contribution in [0.15, 0.2) is 0 Å². The summed E-state index contributed by atoms with van der Waals surface area (Å²) in [4.78, 5) is 22.1. The van der Waals surface area contributed by atoms with Gasteiger partial charge in [0.1, 0.15) is 16.8 Å². The van der Waals surface area contributed by atoms with Crippen LogP contribution in [0.2, 0.25) is 5.15 Å². The zero-order valence-electron chi connectivity index (χ0n) is 11.3. The van der Waals surface area contributed by atoms with Gasteiger partial charge in [-0.15, -0.1) is 0 Å². The van der Waals surface area contributed by atoms with E-state index in [9.17, 15) is 4.79 Å². The Hall–Kier alpha value is -1.36. The zero-order chi connectivity index (χ0) is 14.0. The minimum atomic E-state index is -0.202. The van der Waals surface area contributed by atoms with Crippen molar-refractivity contribution in [1.29, 1.82) is 0 Å². The molecule has 2 heterocycles. The van der Waals surface area contributed by atoms with Crippen LogP contribution in [0.5, 0.6) is 0 Å². The number of hydrogen-bond donors (Lipinski definition) is 1. The maximum Gasteiger partial charge on any atom is 0.220 e. The molecule has 1 aliphatic rings. The maximum atomic E-state index is 11.2. The lowest BCUT2D eigenvalue weighted by atomic mass is 9.96. The summed E-state index contributed by atoms with van der Waals surface area (Å²) in [6, 6.07) is 0. The summed E-state index contributed by atoms with van der Waals surface area (Å²) in [6.45, 7) is 5.50. The first-order chi connectivity index (χ1) is 9.02. The maximum absolute atomic E-state index is 11.2. The van der Waals surface area contributed by atoms with E-state index in [0.29, 0.717) is 5.15 Å². The van der Waals surface area contributed by atoms with Crippen LogP contribution in [0.4, 0.5) is 5.82 Å². The summed E-state index contributed by atoms with van der Waals surface area (Å²) in [7, 11) is 0. The van der Waals surface area contributed by atoms with E-state index in [0.717, 1.165) is 49.6 Å². The van der Waals surface area contributed by atoms with Gasteiger partial charge in [-0.2, -0.15) is 0 Å². The number of hydrogen-bond acceptors (Lipinski definition) is 4. The van der Waals surface area contributed by atoms with E-state index < -0.39 is 0 Å². The molecule has 2 N–H and O–H groups in total. The Balaban J connectivity index is 2.19. The lowest BCUT2D eigenvalue weighted by Gasteiger charge is -2.32. The van der Waals surface area contributed by atoms with Crippen LogP contribution in [0.1, 0.15) is 31.2 Å². The third-order valence-electron chi connectivity index (χ3n) is 3.62. The number of aromatic nitrogens is 2. The minimum absolute atomic E-state index is 0.0143. The van der Waals surface area contributed by atoms with E-state index in [4.69, 9.17) is 17.3 Å². The average Bonchev–Trinajstić information content (AvgIpc) is 2.41. The molecule has 0 atom stereocenters. The molecule has 0 aromatic carbocycles. The number of rotatable bonds is 3. The van der Waals surface area contributed by atoms with Gasteiger partial charge in [-0.25, -0.2) is 9.97 Å². The Bertz CT molecular complexity index is 484. The van der Waals surface area contributed by atoms with E-state index in [1.54, 1.807) is 0 Å². The van der Waals surface area contributed by atoms with E-state index >= 15 is 0 Å². The van der Waals surface area contributed by atoms with E-state index in [2.05, 4.69) is 14.9 Å². The Morgan fingerprint density at radius 2 is 2.05 bits per heavy atom. The number of halogens is 1. The van der Waals surface area contributed by atoms with Gasteiger partial charge in [0.2, 0.25) is 5.91 Å². The first kappa shape index (κ1) is 14.1. The topological polar surface area (TPSA) is 72.1 Å². The van der Waals surface area contributed by atoms with Crippen molar-refractivity contribution < 1.29 is 4.79 Å². The van der Waals surface area contributed by atoms with Gasteiger partial charge in [0.15, 0.2) is 0 Å². The molecule has 1 fully saturated rings. The summed E-state index contributed by atoms with van der Waals surface area (Å²) in [6.07, 6.45) is 2.31. The SMILES string of the molecule is CCc1nc(Cl)c(C)c(N2CCC(C(N)=O)CC2)n1. The molecule has 0 spiro atoms. The third-order valence-corrected chi connectivity index (χ3v) is 3.99. The van der Waals surface area contributed by atoms with Gasteiger partial charge < -0.3 is 10.6 Å². The highest BCUT2D eigenvalue weighted by Crippen LogP contribution is 2.27. The quantitative estimate of drug-likeness (QED) is 0.857. The number of nitrogens with two attached hydrogens (primary N) is 1. The van der Waals surface area contributed by atoms with Crippen LogP contribution in [-0.4, -0.2) is 29.0 Å². The Morgan fingerprint density at radius 1 is 1.42 bits per heavy atom. The number of primary amides is 1. The van der Waals surface area contributed by atoms with Gasteiger partial charge in [0.25, 0.3) is 0 Å². The second kappa shape index (κ2) is 5.74. The van der Waals surface area contributed by atoms with Gasteiger partial charge in [0, 0.05) is 31.0 Å². The molecule has 5 nitrogen and oxygen atoms in total. The molecule has 0 radical (unpaired) electrons. The summed E-state index contributed by atoms with van der Waals surface area (Å²) in [5.74, 6) is 1.42. The van der Waals surface area contributed by atoms with Crippen molar-refractivity contribution in [3.8, 4) is 0 Å². The van der Waals surface area contributed by atoms with Crippen molar-refractivity contribution in [2.45, 2.75) is 33.1 Å². The summed E-state index contributed by atoms with van der Waals surface area (Å²) >= 11 is 6.14. The molecule has 2 rings (SSSR count). The number of carbonyl (C=O) groups excluding carboxylic acids is 1. The molecule has 1 saturated heterocycles. The molecule has 0 bridgehead atoms. The predicted molar refractivity (Wildman–Crippen MR) is 75.3 cm³/mol. The van der Waals surface area contributed by atoms with Crippen LogP contribution in [0, 0.1) is 12.8 Å². The van der Waals surface area contributed by atoms with E-state index in [1.807, 2.05) is 13.8 Å². The first-order valence-electron chi connectivity index (χ1n) is 6.60. The standard InChI is InChI=1S/C13H19ClN4O/c1-3-10-16-11(14)8(2)13(17-10)18-6-4-9(5-7-18)12(15)19/h9H,3-7H2,1-2H3,(H2,15,19). The molecule has 19 heavy (non-hydrogen) atoms. The highest BCUT2D eigenvalue weighted by Gasteiger charge is 2.25. The van der Waals surface area contributed by atoms with E-state index in [1.165, 1.54) is 0 Å². The summed E-state index contributed by atoms with van der Waals surface area (Å²) in [5.41, 5.74) is 6.25.